The molecule has 0 saturated heterocycles. The summed E-state index contributed by atoms with van der Waals surface area (Å²) in [5, 5.41) is 4.06. The number of halogens is 2. The van der Waals surface area contributed by atoms with Crippen LogP contribution in [0.15, 0.2) is 28.9 Å². The van der Waals surface area contributed by atoms with Gasteiger partial charge in [-0.3, -0.25) is 0 Å². The Kier molecular flexibility index (Phi) is 3.46. The summed E-state index contributed by atoms with van der Waals surface area (Å²) in [5.41, 5.74) is 1.99. The lowest BCUT2D eigenvalue weighted by atomic mass is 10.2. The first kappa shape index (κ1) is 12.9. The van der Waals surface area contributed by atoms with E-state index in [1.54, 1.807) is 0 Å². The molecular weight excluding hydrogens is 326 g/mol. The summed E-state index contributed by atoms with van der Waals surface area (Å²) in [5.74, 6) is 2.24. The molecule has 1 heterocycles. The Morgan fingerprint density at radius 2 is 2.11 bits per heavy atom. The number of nitrogens with one attached hydrogen (secondary N) is 1. The third kappa shape index (κ3) is 2.90. The summed E-state index contributed by atoms with van der Waals surface area (Å²) < 4.78 is 0.812. The molecule has 0 bridgehead atoms. The molecule has 1 aromatic carbocycles. The fraction of sp³-hybridized carbons (Fsp3) is 0.286. The largest absolute Gasteiger partial charge is 0.340 e. The zero-order valence-electron chi connectivity index (χ0n) is 10.5. The molecule has 1 fully saturated rings. The van der Waals surface area contributed by atoms with Gasteiger partial charge in [0.25, 0.3) is 0 Å². The maximum atomic E-state index is 6.12. The van der Waals surface area contributed by atoms with Gasteiger partial charge in [-0.15, -0.1) is 0 Å². The van der Waals surface area contributed by atoms with Gasteiger partial charge in [-0.1, -0.05) is 17.7 Å². The van der Waals surface area contributed by atoms with Gasteiger partial charge in [0.15, 0.2) is 0 Å². The highest BCUT2D eigenvalue weighted by Crippen LogP contribution is 2.39. The van der Waals surface area contributed by atoms with Gasteiger partial charge >= 0.3 is 0 Å². The van der Waals surface area contributed by atoms with Crippen molar-refractivity contribution in [3.05, 3.63) is 45.3 Å². The Labute approximate surface area is 125 Å². The van der Waals surface area contributed by atoms with Crippen LogP contribution < -0.4 is 5.32 Å². The zero-order chi connectivity index (χ0) is 13.4. The molecule has 0 amide bonds. The van der Waals surface area contributed by atoms with Crippen molar-refractivity contribution < 1.29 is 0 Å². The van der Waals surface area contributed by atoms with Gasteiger partial charge in [0.05, 0.1) is 0 Å². The van der Waals surface area contributed by atoms with E-state index in [1.807, 2.05) is 31.2 Å². The number of nitrogens with zero attached hydrogens (tertiary/aromatic N) is 2. The lowest BCUT2D eigenvalue weighted by molar-refractivity contribution is 0.919. The molecule has 0 unspecified atom stereocenters. The number of hydrogen-bond donors (Lipinski definition) is 1. The van der Waals surface area contributed by atoms with Crippen molar-refractivity contribution in [2.75, 3.05) is 5.32 Å². The van der Waals surface area contributed by atoms with Crippen molar-refractivity contribution in [2.24, 2.45) is 0 Å². The molecule has 3 nitrogen and oxygen atoms in total. The highest BCUT2D eigenvalue weighted by Gasteiger charge is 2.27. The fourth-order valence-corrected chi connectivity index (χ4v) is 2.48. The fourth-order valence-electron chi connectivity index (χ4n) is 1.90. The lowest BCUT2D eigenvalue weighted by Gasteiger charge is -2.11. The van der Waals surface area contributed by atoms with E-state index < -0.39 is 0 Å². The first-order chi connectivity index (χ1) is 9.13. The van der Waals surface area contributed by atoms with Crippen molar-refractivity contribution >= 4 is 39.0 Å². The van der Waals surface area contributed by atoms with E-state index in [9.17, 15) is 0 Å². The van der Waals surface area contributed by atoms with E-state index in [1.165, 1.54) is 12.8 Å². The van der Waals surface area contributed by atoms with Crippen LogP contribution in [0.1, 0.15) is 30.1 Å². The van der Waals surface area contributed by atoms with Crippen molar-refractivity contribution in [3.63, 3.8) is 0 Å². The summed E-state index contributed by atoms with van der Waals surface area (Å²) >= 11 is 9.56. The minimum absolute atomic E-state index is 0.526. The predicted octanol–water partition coefficient (Wildman–Crippen LogP) is 4.82. The number of benzene rings is 1. The molecule has 1 aliphatic rings. The molecule has 1 N–H and O–H groups in total. The van der Waals surface area contributed by atoms with Gasteiger partial charge < -0.3 is 5.32 Å². The summed E-state index contributed by atoms with van der Waals surface area (Å²) in [4.78, 5) is 8.98. The summed E-state index contributed by atoms with van der Waals surface area (Å²) in [7, 11) is 0. The molecular formula is C14H13BrClN3. The van der Waals surface area contributed by atoms with Crippen LogP contribution in [0, 0.1) is 6.92 Å². The maximum Gasteiger partial charge on any atom is 0.135 e. The monoisotopic (exact) mass is 337 g/mol. The van der Waals surface area contributed by atoms with Crippen LogP contribution >= 0.6 is 27.5 Å². The van der Waals surface area contributed by atoms with Gasteiger partial charge in [-0.05, 0) is 53.4 Å². The van der Waals surface area contributed by atoms with Crippen molar-refractivity contribution in [1.29, 1.82) is 0 Å². The van der Waals surface area contributed by atoms with E-state index in [0.29, 0.717) is 5.92 Å². The number of hydrogen-bond acceptors (Lipinski definition) is 3. The van der Waals surface area contributed by atoms with Gasteiger partial charge in [0, 0.05) is 22.7 Å². The molecule has 19 heavy (non-hydrogen) atoms. The zero-order valence-corrected chi connectivity index (χ0v) is 12.8. The molecule has 3 rings (SSSR count). The van der Waals surface area contributed by atoms with E-state index >= 15 is 0 Å². The summed E-state index contributed by atoms with van der Waals surface area (Å²) in [6.45, 7) is 1.99. The molecule has 0 spiro atoms. The van der Waals surface area contributed by atoms with Gasteiger partial charge in [0.2, 0.25) is 0 Å². The number of anilines is 2. The Balaban J connectivity index is 1.92. The quantitative estimate of drug-likeness (QED) is 0.815. The molecule has 98 valence electrons. The van der Waals surface area contributed by atoms with Gasteiger partial charge in [0.1, 0.15) is 16.2 Å². The second-order valence-electron chi connectivity index (χ2n) is 4.75. The Morgan fingerprint density at radius 1 is 1.32 bits per heavy atom. The number of aromatic nitrogens is 2. The van der Waals surface area contributed by atoms with Crippen LogP contribution in [0.5, 0.6) is 0 Å². The SMILES string of the molecule is Cc1c(Cl)cccc1Nc1cc(Br)nc(C2CC2)n1. The molecule has 0 aliphatic heterocycles. The van der Waals surface area contributed by atoms with Crippen LogP contribution in [-0.4, -0.2) is 9.97 Å². The summed E-state index contributed by atoms with van der Waals surface area (Å²) in [6, 6.07) is 7.68. The minimum atomic E-state index is 0.526. The number of rotatable bonds is 3. The third-order valence-electron chi connectivity index (χ3n) is 3.19. The van der Waals surface area contributed by atoms with E-state index in [0.717, 1.165) is 32.5 Å². The predicted molar refractivity (Wildman–Crippen MR) is 81.2 cm³/mol. The molecule has 1 aliphatic carbocycles. The van der Waals surface area contributed by atoms with Crippen LogP contribution in [0.25, 0.3) is 0 Å². The van der Waals surface area contributed by atoms with Crippen LogP contribution in [-0.2, 0) is 0 Å². The molecule has 0 atom stereocenters. The minimum Gasteiger partial charge on any atom is -0.340 e. The Bertz CT molecular complexity index is 626. The van der Waals surface area contributed by atoms with Crippen LogP contribution in [0.4, 0.5) is 11.5 Å². The first-order valence-electron chi connectivity index (χ1n) is 6.20. The Morgan fingerprint density at radius 3 is 2.84 bits per heavy atom. The molecule has 0 radical (unpaired) electrons. The molecule has 1 saturated carbocycles. The molecule has 2 aromatic rings. The maximum absolute atomic E-state index is 6.12. The van der Waals surface area contributed by atoms with Gasteiger partial charge in [-0.25, -0.2) is 9.97 Å². The van der Waals surface area contributed by atoms with E-state index in [2.05, 4.69) is 31.2 Å². The van der Waals surface area contributed by atoms with E-state index in [4.69, 9.17) is 11.6 Å². The molecule has 1 aromatic heterocycles. The van der Waals surface area contributed by atoms with Crippen LogP contribution in [0.3, 0.4) is 0 Å². The van der Waals surface area contributed by atoms with Crippen molar-refractivity contribution in [2.45, 2.75) is 25.7 Å². The third-order valence-corrected chi connectivity index (χ3v) is 4.00. The highest BCUT2D eigenvalue weighted by molar-refractivity contribution is 9.10. The second-order valence-corrected chi connectivity index (χ2v) is 5.97. The van der Waals surface area contributed by atoms with E-state index in [-0.39, 0.29) is 0 Å². The van der Waals surface area contributed by atoms with Gasteiger partial charge in [-0.2, -0.15) is 0 Å². The first-order valence-corrected chi connectivity index (χ1v) is 7.37. The Hall–Kier alpha value is -1.13. The summed E-state index contributed by atoms with van der Waals surface area (Å²) in [6.07, 6.45) is 2.37. The smallest absolute Gasteiger partial charge is 0.135 e. The average Bonchev–Trinajstić information content (AvgIpc) is 3.18. The van der Waals surface area contributed by atoms with Crippen molar-refractivity contribution in [3.8, 4) is 0 Å². The lowest BCUT2D eigenvalue weighted by Crippen LogP contribution is -2.00. The second kappa shape index (κ2) is 5.10. The van der Waals surface area contributed by atoms with Crippen LogP contribution in [0.2, 0.25) is 5.02 Å². The van der Waals surface area contributed by atoms with Crippen molar-refractivity contribution in [1.82, 2.24) is 9.97 Å². The normalized spacial score (nSPS) is 14.5. The topological polar surface area (TPSA) is 37.8 Å². The molecule has 5 heteroatoms. The standard InChI is InChI=1S/C14H13BrClN3/c1-8-10(16)3-2-4-11(8)17-13-7-12(15)18-14(19-13)9-5-6-9/h2-4,7,9H,5-6H2,1H3,(H,17,18,19). The average molecular weight is 339 g/mol. The highest BCUT2D eigenvalue weighted by atomic mass is 79.9.